The smallest absolute Gasteiger partial charge is 0.407 e. The number of alkyl carbamates (subject to hydrolysis) is 2. The number of carbonyl (C=O) groups is 4. The van der Waals surface area contributed by atoms with Crippen molar-refractivity contribution >= 4 is 35.0 Å². The first-order valence-corrected chi connectivity index (χ1v) is 24.9. The molecule has 4 N–H and O–H groups in total. The van der Waals surface area contributed by atoms with Gasteiger partial charge in [-0.3, -0.25) is 14.6 Å². The van der Waals surface area contributed by atoms with Crippen molar-refractivity contribution in [3.63, 3.8) is 0 Å². The van der Waals surface area contributed by atoms with E-state index in [4.69, 9.17) is 24.4 Å². The van der Waals surface area contributed by atoms with Crippen molar-refractivity contribution in [2.75, 3.05) is 27.3 Å². The van der Waals surface area contributed by atoms with Crippen LogP contribution in [0.1, 0.15) is 131 Å². The van der Waals surface area contributed by atoms with E-state index >= 15 is 0 Å². The number of imidazole rings is 2. The van der Waals surface area contributed by atoms with Crippen molar-refractivity contribution in [3.05, 3.63) is 76.6 Å². The van der Waals surface area contributed by atoms with Crippen molar-refractivity contribution in [3.8, 4) is 33.6 Å². The summed E-state index contributed by atoms with van der Waals surface area (Å²) in [4.78, 5) is 78.3. The molecule has 10 rings (SSSR count). The molecule has 2 aromatic carbocycles. The van der Waals surface area contributed by atoms with Gasteiger partial charge in [-0.15, -0.1) is 0 Å². The van der Waals surface area contributed by atoms with Gasteiger partial charge in [0.25, 0.3) is 0 Å². The molecule has 1 spiro atoms. The highest BCUT2D eigenvalue weighted by Gasteiger charge is 2.43. The average molecular weight is 924 g/mol. The first kappa shape index (κ1) is 45.5. The summed E-state index contributed by atoms with van der Waals surface area (Å²) in [6.45, 7) is 8.91. The number of aromatic amines is 2. The second-order valence-corrected chi connectivity index (χ2v) is 20.6. The Kier molecular flexibility index (Phi) is 12.3. The quantitative estimate of drug-likeness (QED) is 0.100. The zero-order valence-electron chi connectivity index (χ0n) is 40.3. The Morgan fingerprint density at radius 2 is 1.28 bits per heavy atom. The molecule has 4 amide bonds. The van der Waals surface area contributed by atoms with E-state index in [0.29, 0.717) is 13.1 Å². The molecule has 5 heterocycles. The van der Waals surface area contributed by atoms with Crippen molar-refractivity contribution < 1.29 is 28.7 Å². The molecule has 1 unspecified atom stereocenters. The summed E-state index contributed by atoms with van der Waals surface area (Å²) in [5.41, 5.74) is 14.3. The summed E-state index contributed by atoms with van der Waals surface area (Å²) in [6, 6.07) is 9.17. The van der Waals surface area contributed by atoms with Gasteiger partial charge in [0, 0.05) is 36.0 Å². The molecule has 15 nitrogen and oxygen atoms in total. The van der Waals surface area contributed by atoms with Crippen LogP contribution in [-0.4, -0.2) is 98.1 Å². The van der Waals surface area contributed by atoms with Crippen LogP contribution >= 0.6 is 0 Å². The summed E-state index contributed by atoms with van der Waals surface area (Å²) >= 11 is 0. The first-order chi connectivity index (χ1) is 32.9. The number of fused-ring (bicyclic) bond motifs is 3. The maximum atomic E-state index is 13.9. The molecule has 68 heavy (non-hydrogen) atoms. The highest BCUT2D eigenvalue weighted by molar-refractivity contribution is 5.88. The number of nitrogens with one attached hydrogen (secondary N) is 4. The number of rotatable bonds is 11. The van der Waals surface area contributed by atoms with Crippen LogP contribution in [0.4, 0.5) is 9.59 Å². The lowest BCUT2D eigenvalue weighted by atomic mass is 9.82. The van der Waals surface area contributed by atoms with Gasteiger partial charge in [-0.1, -0.05) is 58.7 Å². The first-order valence-electron chi connectivity index (χ1n) is 24.9. The fourth-order valence-corrected chi connectivity index (χ4v) is 12.3. The van der Waals surface area contributed by atoms with Crippen molar-refractivity contribution in [1.82, 2.24) is 45.4 Å². The van der Waals surface area contributed by atoms with Gasteiger partial charge >= 0.3 is 12.2 Å². The highest BCUT2D eigenvalue weighted by Crippen LogP contribution is 2.53. The monoisotopic (exact) mass is 924 g/mol. The Morgan fingerprint density at radius 1 is 0.676 bits per heavy atom. The van der Waals surface area contributed by atoms with Crippen molar-refractivity contribution in [1.29, 1.82) is 0 Å². The maximum absolute atomic E-state index is 13.9. The number of methoxy groups -OCH3 is 2. The summed E-state index contributed by atoms with van der Waals surface area (Å²) in [5.74, 6) is 1.07. The minimum atomic E-state index is -0.695. The SMILES string of the molecule is COC(=O)N[C@H](C(=O)N1CCCC1c1ncc(-c2ccc(-c3ncc(-c4ccc5nc([C@@H]6CCCN6C(=O)[C@@H](NC(=O)OC)C(C)C)[nH]c5c4)c4c3CC3(CCCC3)C4)c3c2CCC3)[nH]1)C(C)C. The molecular weight excluding hydrogens is 859 g/mol. The van der Waals surface area contributed by atoms with Crippen LogP contribution in [0.3, 0.4) is 0 Å². The van der Waals surface area contributed by atoms with E-state index in [1.807, 2.05) is 43.7 Å². The fraction of sp³-hybridized carbons (Fsp3) is 0.528. The van der Waals surface area contributed by atoms with Gasteiger partial charge in [-0.2, -0.15) is 0 Å². The largest absolute Gasteiger partial charge is 0.453 e. The zero-order valence-corrected chi connectivity index (χ0v) is 40.3. The summed E-state index contributed by atoms with van der Waals surface area (Å²) < 4.78 is 9.67. The van der Waals surface area contributed by atoms with Gasteiger partial charge in [-0.05, 0) is 128 Å². The minimum absolute atomic E-state index is 0.106. The van der Waals surface area contributed by atoms with E-state index in [0.717, 1.165) is 103 Å². The van der Waals surface area contributed by atoms with Crippen LogP contribution in [0.15, 0.2) is 42.7 Å². The zero-order chi connectivity index (χ0) is 47.4. The number of pyridine rings is 1. The Labute approximate surface area is 398 Å². The van der Waals surface area contributed by atoms with Crippen molar-refractivity contribution in [2.45, 2.75) is 135 Å². The van der Waals surface area contributed by atoms with Gasteiger partial charge in [0.15, 0.2) is 0 Å². The Morgan fingerprint density at radius 3 is 1.91 bits per heavy atom. The molecule has 4 atom stereocenters. The Balaban J connectivity index is 0.946. The minimum Gasteiger partial charge on any atom is -0.453 e. The lowest BCUT2D eigenvalue weighted by Crippen LogP contribution is -2.51. The van der Waals surface area contributed by atoms with Gasteiger partial charge < -0.3 is 39.9 Å². The predicted octanol–water partition coefficient (Wildman–Crippen LogP) is 8.92. The summed E-state index contributed by atoms with van der Waals surface area (Å²) in [7, 11) is 2.62. The van der Waals surface area contributed by atoms with Crippen molar-refractivity contribution in [2.24, 2.45) is 17.3 Å². The normalized spacial score (nSPS) is 20.4. The molecule has 0 bridgehead atoms. The van der Waals surface area contributed by atoms with Crippen LogP contribution in [0.2, 0.25) is 0 Å². The van der Waals surface area contributed by atoms with Gasteiger partial charge in [-0.25, -0.2) is 19.6 Å². The lowest BCUT2D eigenvalue weighted by molar-refractivity contribution is -0.136. The lowest BCUT2D eigenvalue weighted by Gasteiger charge is -2.30. The number of likely N-dealkylation sites (tertiary alicyclic amines) is 2. The topological polar surface area (TPSA) is 188 Å². The van der Waals surface area contributed by atoms with Crippen LogP contribution in [-0.2, 0) is 44.7 Å². The third kappa shape index (κ3) is 8.18. The molecule has 2 saturated heterocycles. The number of amides is 4. The molecule has 0 radical (unpaired) electrons. The number of H-pyrrole nitrogens is 2. The summed E-state index contributed by atoms with van der Waals surface area (Å²) in [6.07, 6.45) is 16.2. The van der Waals surface area contributed by atoms with Crippen LogP contribution in [0.25, 0.3) is 44.7 Å². The molecule has 3 fully saturated rings. The molecule has 3 aliphatic carbocycles. The predicted molar refractivity (Wildman–Crippen MR) is 258 cm³/mol. The number of benzene rings is 2. The number of hydrogen-bond acceptors (Lipinski definition) is 9. The number of hydrogen-bond donors (Lipinski definition) is 4. The van der Waals surface area contributed by atoms with Gasteiger partial charge in [0.1, 0.15) is 23.7 Å². The standard InChI is InChI=1S/C53H65N9O6/c1-29(2)44(59-51(65)67-5)49(63)61-22-10-14-42(61)47-55-28-41(58-47)34-17-18-35(33-13-9-12-32(33)34)46-37-26-53(20-7-8-21-53)25-36(37)38(27-54-46)31-16-19-39-40(24-31)57-48(56-39)43-15-11-23-62(43)50(64)45(30(3)4)60-52(66)68-6/h16-19,24,27-30,42-45H,7-15,20-23,25-26H2,1-6H3,(H,55,58)(H,56,57)(H,59,65)(H,60,66)/t42?,43-,44-,45-/m0/s1. The molecule has 1 saturated carbocycles. The third-order valence-electron chi connectivity index (χ3n) is 15.8. The van der Waals surface area contributed by atoms with E-state index in [1.54, 1.807) is 0 Å². The van der Waals surface area contributed by atoms with E-state index in [1.165, 1.54) is 73.3 Å². The van der Waals surface area contributed by atoms with E-state index in [2.05, 4.69) is 57.1 Å². The molecule has 5 aliphatic rings. The second kappa shape index (κ2) is 18.3. The molecule has 5 aromatic rings. The van der Waals surface area contributed by atoms with Crippen LogP contribution in [0.5, 0.6) is 0 Å². The van der Waals surface area contributed by atoms with E-state index in [-0.39, 0.29) is 41.1 Å². The van der Waals surface area contributed by atoms with E-state index in [9.17, 15) is 19.2 Å². The van der Waals surface area contributed by atoms with Gasteiger partial charge in [0.2, 0.25) is 11.8 Å². The fourth-order valence-electron chi connectivity index (χ4n) is 12.3. The Bertz CT molecular complexity index is 2770. The average Bonchev–Trinajstić information content (AvgIpc) is 4.19. The van der Waals surface area contributed by atoms with Gasteiger partial charge in [0.05, 0.1) is 54.9 Å². The highest BCUT2D eigenvalue weighted by atomic mass is 16.5. The molecule has 3 aromatic heterocycles. The van der Waals surface area contributed by atoms with Crippen LogP contribution in [0, 0.1) is 17.3 Å². The maximum Gasteiger partial charge on any atom is 0.407 e. The second-order valence-electron chi connectivity index (χ2n) is 20.6. The van der Waals surface area contributed by atoms with Crippen LogP contribution < -0.4 is 10.6 Å². The third-order valence-corrected chi connectivity index (χ3v) is 15.8. The van der Waals surface area contributed by atoms with E-state index < -0.39 is 24.3 Å². The molecule has 15 heteroatoms. The molecule has 358 valence electrons. The Hall–Kier alpha value is -6.25. The number of ether oxygens (including phenoxy) is 2. The molecular formula is C53H65N9O6. The molecule has 2 aliphatic heterocycles. The number of carbonyl (C=O) groups excluding carboxylic acids is 4. The number of nitrogens with zero attached hydrogens (tertiary/aromatic N) is 5. The number of aromatic nitrogens is 5. The summed E-state index contributed by atoms with van der Waals surface area (Å²) in [5, 5.41) is 5.50.